The molecule has 1 aliphatic carbocycles. The van der Waals surface area contributed by atoms with E-state index in [0.29, 0.717) is 0 Å². The van der Waals surface area contributed by atoms with Gasteiger partial charge >= 0.3 is 0 Å². The standard InChI is InChI=1S/C8H10O2/c1-5-3-6(2)8(10)4-7(5)9/h3,9H,4H2,1-2H3. The number of carbonyl (C=O) groups is 1. The Morgan fingerprint density at radius 2 is 2.10 bits per heavy atom. The van der Waals surface area contributed by atoms with Gasteiger partial charge in [0.05, 0.1) is 6.42 Å². The Morgan fingerprint density at radius 3 is 2.60 bits per heavy atom. The SMILES string of the molecule is CC1=CC(C)=C(O)CC1=O. The van der Waals surface area contributed by atoms with Gasteiger partial charge in [-0.25, -0.2) is 0 Å². The molecule has 0 amide bonds. The lowest BCUT2D eigenvalue weighted by Gasteiger charge is -2.09. The molecular formula is C8H10O2. The van der Waals surface area contributed by atoms with Crippen LogP contribution in [0, 0.1) is 0 Å². The molecule has 0 radical (unpaired) electrons. The van der Waals surface area contributed by atoms with Crippen molar-refractivity contribution in [3.05, 3.63) is 23.0 Å². The molecule has 54 valence electrons. The Balaban J connectivity index is 2.99. The molecule has 0 heterocycles. The summed E-state index contributed by atoms with van der Waals surface area (Å²) in [7, 11) is 0. The van der Waals surface area contributed by atoms with Gasteiger partial charge in [0.25, 0.3) is 0 Å². The second kappa shape index (κ2) is 2.29. The van der Waals surface area contributed by atoms with Crippen LogP contribution in [0.1, 0.15) is 20.3 Å². The number of carbonyl (C=O) groups excluding carboxylic acids is 1. The normalized spacial score (nSPS) is 19.4. The summed E-state index contributed by atoms with van der Waals surface area (Å²) < 4.78 is 0. The third-order valence-corrected chi connectivity index (χ3v) is 1.66. The van der Waals surface area contributed by atoms with Crippen LogP contribution in [0.2, 0.25) is 0 Å². The molecule has 0 aliphatic heterocycles. The molecule has 0 bridgehead atoms. The zero-order chi connectivity index (χ0) is 7.72. The molecule has 1 rings (SSSR count). The second-order valence-corrected chi connectivity index (χ2v) is 2.56. The van der Waals surface area contributed by atoms with Crippen molar-refractivity contribution >= 4 is 5.78 Å². The Labute approximate surface area is 59.9 Å². The minimum atomic E-state index is 0.0168. The molecule has 10 heavy (non-hydrogen) atoms. The maximum atomic E-state index is 10.9. The zero-order valence-corrected chi connectivity index (χ0v) is 6.14. The smallest absolute Gasteiger partial charge is 0.166 e. The van der Waals surface area contributed by atoms with Crippen molar-refractivity contribution in [3.8, 4) is 0 Å². The van der Waals surface area contributed by atoms with Crippen LogP contribution in [0.15, 0.2) is 23.0 Å². The minimum Gasteiger partial charge on any atom is -0.512 e. The molecule has 1 aliphatic rings. The van der Waals surface area contributed by atoms with Gasteiger partial charge in [-0.05, 0) is 31.1 Å². The highest BCUT2D eigenvalue weighted by atomic mass is 16.3. The number of rotatable bonds is 0. The van der Waals surface area contributed by atoms with Crippen molar-refractivity contribution in [1.29, 1.82) is 0 Å². The molecule has 2 nitrogen and oxygen atoms in total. The highest BCUT2D eigenvalue weighted by Crippen LogP contribution is 2.17. The van der Waals surface area contributed by atoms with Gasteiger partial charge in [0.1, 0.15) is 5.76 Å². The van der Waals surface area contributed by atoms with Crippen molar-refractivity contribution in [3.63, 3.8) is 0 Å². The van der Waals surface area contributed by atoms with Gasteiger partial charge in [0, 0.05) is 0 Å². The van der Waals surface area contributed by atoms with Crippen LogP contribution in [-0.4, -0.2) is 10.9 Å². The summed E-state index contributed by atoms with van der Waals surface area (Å²) in [5, 5.41) is 9.08. The first kappa shape index (κ1) is 7.06. The molecule has 0 aromatic carbocycles. The van der Waals surface area contributed by atoms with Crippen molar-refractivity contribution in [2.24, 2.45) is 0 Å². The Kier molecular flexibility index (Phi) is 1.62. The largest absolute Gasteiger partial charge is 0.512 e. The van der Waals surface area contributed by atoms with E-state index in [2.05, 4.69) is 0 Å². The molecule has 1 N–H and O–H groups in total. The quantitative estimate of drug-likeness (QED) is 0.553. The summed E-state index contributed by atoms with van der Waals surface area (Å²) in [6, 6.07) is 0. The van der Waals surface area contributed by atoms with Gasteiger partial charge in [0.15, 0.2) is 5.78 Å². The van der Waals surface area contributed by atoms with E-state index in [-0.39, 0.29) is 18.0 Å². The Hall–Kier alpha value is -1.05. The summed E-state index contributed by atoms with van der Waals surface area (Å²) in [5.41, 5.74) is 1.53. The summed E-state index contributed by atoms with van der Waals surface area (Å²) in [6.07, 6.45) is 1.88. The summed E-state index contributed by atoms with van der Waals surface area (Å²) in [4.78, 5) is 10.9. The third-order valence-electron chi connectivity index (χ3n) is 1.66. The second-order valence-electron chi connectivity index (χ2n) is 2.56. The van der Waals surface area contributed by atoms with Gasteiger partial charge in [-0.15, -0.1) is 0 Å². The fourth-order valence-corrected chi connectivity index (χ4v) is 0.919. The van der Waals surface area contributed by atoms with Gasteiger partial charge in [-0.3, -0.25) is 4.79 Å². The molecule has 0 spiro atoms. The molecule has 0 atom stereocenters. The summed E-state index contributed by atoms with van der Waals surface area (Å²) in [5.74, 6) is 0.221. The van der Waals surface area contributed by atoms with Crippen LogP contribution in [0.3, 0.4) is 0 Å². The van der Waals surface area contributed by atoms with Gasteiger partial charge in [0.2, 0.25) is 0 Å². The van der Waals surface area contributed by atoms with Crippen LogP contribution in [0.4, 0.5) is 0 Å². The van der Waals surface area contributed by atoms with Crippen LogP contribution < -0.4 is 0 Å². The molecule has 0 fully saturated rings. The first-order chi connectivity index (χ1) is 4.61. The third kappa shape index (κ3) is 1.10. The number of ketones is 1. The number of Topliss-reactive ketones (excluding diaryl/α,β-unsaturated/α-hetero) is 1. The first-order valence-electron chi connectivity index (χ1n) is 3.21. The Bertz CT molecular complexity index is 234. The number of hydrogen-bond donors (Lipinski definition) is 1. The predicted molar refractivity (Wildman–Crippen MR) is 38.7 cm³/mol. The van der Waals surface area contributed by atoms with E-state index >= 15 is 0 Å². The minimum absolute atomic E-state index is 0.0168. The van der Waals surface area contributed by atoms with Crippen molar-refractivity contribution < 1.29 is 9.90 Å². The number of aliphatic hydroxyl groups is 1. The van der Waals surface area contributed by atoms with E-state index in [1.54, 1.807) is 19.9 Å². The van der Waals surface area contributed by atoms with E-state index in [1.807, 2.05) is 0 Å². The highest BCUT2D eigenvalue weighted by Gasteiger charge is 2.13. The highest BCUT2D eigenvalue weighted by molar-refractivity contribution is 5.97. The summed E-state index contributed by atoms with van der Waals surface area (Å²) in [6.45, 7) is 3.56. The zero-order valence-electron chi connectivity index (χ0n) is 6.14. The average molecular weight is 138 g/mol. The van der Waals surface area contributed by atoms with E-state index in [0.717, 1.165) is 11.1 Å². The molecule has 2 heteroatoms. The van der Waals surface area contributed by atoms with Crippen LogP contribution in [-0.2, 0) is 4.79 Å². The maximum absolute atomic E-state index is 10.9. The molecule has 0 saturated carbocycles. The summed E-state index contributed by atoms with van der Waals surface area (Å²) >= 11 is 0. The lowest BCUT2D eigenvalue weighted by Crippen LogP contribution is -2.07. The van der Waals surface area contributed by atoms with Crippen molar-refractivity contribution in [2.45, 2.75) is 20.3 Å². The van der Waals surface area contributed by atoms with E-state index in [4.69, 9.17) is 5.11 Å². The molecular weight excluding hydrogens is 128 g/mol. The topological polar surface area (TPSA) is 37.3 Å². The van der Waals surface area contributed by atoms with Crippen LogP contribution in [0.25, 0.3) is 0 Å². The molecule has 0 aromatic heterocycles. The van der Waals surface area contributed by atoms with E-state index in [9.17, 15) is 4.79 Å². The van der Waals surface area contributed by atoms with Crippen LogP contribution >= 0.6 is 0 Å². The fraction of sp³-hybridized carbons (Fsp3) is 0.375. The number of hydrogen-bond acceptors (Lipinski definition) is 2. The Morgan fingerprint density at radius 1 is 1.50 bits per heavy atom. The van der Waals surface area contributed by atoms with E-state index in [1.165, 1.54) is 0 Å². The first-order valence-corrected chi connectivity index (χ1v) is 3.21. The van der Waals surface area contributed by atoms with Crippen molar-refractivity contribution in [1.82, 2.24) is 0 Å². The van der Waals surface area contributed by atoms with Gasteiger partial charge in [-0.2, -0.15) is 0 Å². The number of allylic oxidation sites excluding steroid dienone is 4. The lowest BCUT2D eigenvalue weighted by molar-refractivity contribution is -0.115. The maximum Gasteiger partial charge on any atom is 0.166 e. The number of aliphatic hydroxyl groups excluding tert-OH is 1. The average Bonchev–Trinajstić information content (AvgIpc) is 1.84. The van der Waals surface area contributed by atoms with Gasteiger partial charge < -0.3 is 5.11 Å². The van der Waals surface area contributed by atoms with Crippen molar-refractivity contribution in [2.75, 3.05) is 0 Å². The molecule has 0 unspecified atom stereocenters. The lowest BCUT2D eigenvalue weighted by atomic mass is 9.99. The predicted octanol–water partition coefficient (Wildman–Crippen LogP) is 1.74. The molecule has 0 aromatic rings. The van der Waals surface area contributed by atoms with E-state index < -0.39 is 0 Å². The fourth-order valence-electron chi connectivity index (χ4n) is 0.919. The van der Waals surface area contributed by atoms with Crippen LogP contribution in [0.5, 0.6) is 0 Å². The van der Waals surface area contributed by atoms with Gasteiger partial charge in [-0.1, -0.05) is 0 Å². The monoisotopic (exact) mass is 138 g/mol. The molecule has 0 saturated heterocycles.